The maximum atomic E-state index is 12.3. The van der Waals surface area contributed by atoms with Crippen molar-refractivity contribution in [3.05, 3.63) is 88.8 Å². The van der Waals surface area contributed by atoms with Gasteiger partial charge in [-0.2, -0.15) is 0 Å². The molecule has 0 saturated heterocycles. The smallest absolute Gasteiger partial charge is 0.262 e. The fourth-order valence-corrected chi connectivity index (χ4v) is 3.83. The third-order valence-corrected chi connectivity index (χ3v) is 5.57. The fourth-order valence-electron chi connectivity index (χ4n) is 2.87. The van der Waals surface area contributed by atoms with Crippen molar-refractivity contribution < 1.29 is 9.53 Å². The molecule has 3 aromatic carbocycles. The molecule has 0 bridgehead atoms. The minimum atomic E-state index is -0.215. The maximum absolute atomic E-state index is 12.3. The molecule has 0 radical (unpaired) electrons. The largest absolute Gasteiger partial charge is 0.484 e. The summed E-state index contributed by atoms with van der Waals surface area (Å²) in [6, 6.07) is 22.8. The van der Waals surface area contributed by atoms with Gasteiger partial charge >= 0.3 is 0 Å². The molecule has 0 unspecified atom stereocenters. The number of carbonyl (C=O) groups excluding carboxylic acids is 1. The Morgan fingerprint density at radius 3 is 2.57 bits per heavy atom. The van der Waals surface area contributed by atoms with Crippen LogP contribution in [0.1, 0.15) is 5.56 Å². The predicted octanol–water partition coefficient (Wildman–Crippen LogP) is 6.46. The lowest BCUT2D eigenvalue weighted by Crippen LogP contribution is -2.20. The number of carbonyl (C=O) groups is 1. The summed E-state index contributed by atoms with van der Waals surface area (Å²) in [5.74, 6) is 0.453. The first-order valence-corrected chi connectivity index (χ1v) is 10.6. The normalized spacial score (nSPS) is 10.6. The molecule has 4 rings (SSSR count). The highest BCUT2D eigenvalue weighted by molar-refractivity contribution is 7.13. The van der Waals surface area contributed by atoms with E-state index in [4.69, 9.17) is 21.3 Å². The Morgan fingerprint density at radius 2 is 1.80 bits per heavy atom. The van der Waals surface area contributed by atoms with Gasteiger partial charge in [0.1, 0.15) is 10.8 Å². The molecule has 4 nitrogen and oxygen atoms in total. The van der Waals surface area contributed by atoms with Crippen LogP contribution in [-0.2, 0) is 4.79 Å². The molecule has 0 aliphatic heterocycles. The van der Waals surface area contributed by atoms with Crippen molar-refractivity contribution in [1.29, 1.82) is 0 Å². The lowest BCUT2D eigenvalue weighted by atomic mass is 10.1. The Balaban J connectivity index is 1.42. The molecular formula is C24H19ClN2O2S. The summed E-state index contributed by atoms with van der Waals surface area (Å²) in [6.07, 6.45) is 0. The summed E-state index contributed by atoms with van der Waals surface area (Å²) < 4.78 is 5.54. The molecule has 0 saturated carbocycles. The van der Waals surface area contributed by atoms with E-state index < -0.39 is 0 Å². The van der Waals surface area contributed by atoms with Crippen LogP contribution in [-0.4, -0.2) is 17.5 Å². The zero-order valence-corrected chi connectivity index (χ0v) is 17.8. The summed E-state index contributed by atoms with van der Waals surface area (Å²) in [6.45, 7) is 1.95. The number of nitrogens with one attached hydrogen (secondary N) is 1. The monoisotopic (exact) mass is 434 g/mol. The van der Waals surface area contributed by atoms with Crippen LogP contribution in [0, 0.1) is 6.92 Å². The first-order chi connectivity index (χ1) is 14.6. The van der Waals surface area contributed by atoms with E-state index in [1.165, 1.54) is 0 Å². The second kappa shape index (κ2) is 9.11. The number of ether oxygens (including phenoxy) is 1. The van der Waals surface area contributed by atoms with Gasteiger partial charge in [0.05, 0.1) is 5.69 Å². The highest BCUT2D eigenvalue weighted by Gasteiger charge is 2.09. The molecule has 0 aliphatic carbocycles. The highest BCUT2D eigenvalue weighted by Crippen LogP contribution is 2.30. The van der Waals surface area contributed by atoms with Gasteiger partial charge in [-0.15, -0.1) is 11.3 Å². The molecule has 1 aromatic heterocycles. The molecule has 0 spiro atoms. The average Bonchev–Trinajstić information content (AvgIpc) is 3.24. The second-order valence-corrected chi connectivity index (χ2v) is 8.07. The first kappa shape index (κ1) is 20.1. The summed E-state index contributed by atoms with van der Waals surface area (Å²) >= 11 is 7.53. The number of benzene rings is 3. The molecule has 150 valence electrons. The van der Waals surface area contributed by atoms with Crippen LogP contribution in [0.4, 0.5) is 5.69 Å². The number of thiazole rings is 1. The minimum Gasteiger partial charge on any atom is -0.484 e. The quantitative estimate of drug-likeness (QED) is 0.379. The van der Waals surface area contributed by atoms with Crippen molar-refractivity contribution >= 4 is 34.5 Å². The molecule has 4 aromatic rings. The van der Waals surface area contributed by atoms with Crippen LogP contribution >= 0.6 is 22.9 Å². The Morgan fingerprint density at radius 1 is 1.03 bits per heavy atom. The number of hydrogen-bond acceptors (Lipinski definition) is 4. The summed E-state index contributed by atoms with van der Waals surface area (Å²) in [4.78, 5) is 17.0. The lowest BCUT2D eigenvalue weighted by molar-refractivity contribution is -0.118. The van der Waals surface area contributed by atoms with Crippen molar-refractivity contribution in [2.24, 2.45) is 0 Å². The van der Waals surface area contributed by atoms with Crippen LogP contribution in [0.25, 0.3) is 21.8 Å². The van der Waals surface area contributed by atoms with E-state index in [1.807, 2.05) is 85.1 Å². The van der Waals surface area contributed by atoms with Gasteiger partial charge < -0.3 is 10.1 Å². The van der Waals surface area contributed by atoms with E-state index >= 15 is 0 Å². The summed E-state index contributed by atoms with van der Waals surface area (Å²) in [7, 11) is 0. The minimum absolute atomic E-state index is 0.0509. The molecule has 1 amide bonds. The van der Waals surface area contributed by atoms with Gasteiger partial charge in [-0.05, 0) is 43.3 Å². The highest BCUT2D eigenvalue weighted by atomic mass is 35.5. The topological polar surface area (TPSA) is 51.2 Å². The van der Waals surface area contributed by atoms with Crippen LogP contribution in [0.3, 0.4) is 0 Å². The van der Waals surface area contributed by atoms with Crippen molar-refractivity contribution in [3.63, 3.8) is 0 Å². The van der Waals surface area contributed by atoms with Gasteiger partial charge in [0.2, 0.25) is 0 Å². The molecular weight excluding hydrogens is 416 g/mol. The third kappa shape index (κ3) is 5.06. The number of hydrogen-bond donors (Lipinski definition) is 1. The number of rotatable bonds is 6. The number of anilines is 1. The van der Waals surface area contributed by atoms with Crippen LogP contribution < -0.4 is 10.1 Å². The van der Waals surface area contributed by atoms with E-state index in [0.29, 0.717) is 16.5 Å². The van der Waals surface area contributed by atoms with Gasteiger partial charge in [0.25, 0.3) is 5.91 Å². The molecule has 0 fully saturated rings. The van der Waals surface area contributed by atoms with Gasteiger partial charge in [-0.1, -0.05) is 53.6 Å². The van der Waals surface area contributed by atoms with Crippen LogP contribution in [0.15, 0.2) is 78.2 Å². The van der Waals surface area contributed by atoms with E-state index in [2.05, 4.69) is 5.32 Å². The molecule has 0 atom stereocenters. The van der Waals surface area contributed by atoms with E-state index in [0.717, 1.165) is 27.4 Å². The Labute approximate surface area is 184 Å². The van der Waals surface area contributed by atoms with Crippen molar-refractivity contribution in [3.8, 4) is 27.6 Å². The Hall–Kier alpha value is -3.15. The van der Waals surface area contributed by atoms with Gasteiger partial charge in [-0.25, -0.2) is 4.98 Å². The molecule has 0 aliphatic rings. The summed E-state index contributed by atoms with van der Waals surface area (Å²) in [5, 5.41) is 6.50. The standard InChI is InChI=1S/C24H19ClN2O2S/c1-16-5-11-21(12-6-16)29-14-23(28)26-20-4-2-3-18(13-20)22-15-30-24(27-22)17-7-9-19(25)10-8-17/h2-13,15H,14H2,1H3,(H,26,28). The lowest BCUT2D eigenvalue weighted by Gasteiger charge is -2.08. The van der Waals surface area contributed by atoms with Crippen molar-refractivity contribution in [2.75, 3.05) is 11.9 Å². The maximum Gasteiger partial charge on any atom is 0.262 e. The van der Waals surface area contributed by atoms with Crippen LogP contribution in [0.2, 0.25) is 5.02 Å². The van der Waals surface area contributed by atoms with Gasteiger partial charge in [0.15, 0.2) is 6.61 Å². The van der Waals surface area contributed by atoms with E-state index in [-0.39, 0.29) is 12.5 Å². The molecule has 6 heteroatoms. The molecule has 30 heavy (non-hydrogen) atoms. The van der Waals surface area contributed by atoms with Crippen molar-refractivity contribution in [1.82, 2.24) is 4.98 Å². The third-order valence-electron chi connectivity index (χ3n) is 4.43. The average molecular weight is 435 g/mol. The summed E-state index contributed by atoms with van der Waals surface area (Å²) in [5.41, 5.74) is 4.66. The molecule has 1 N–H and O–H groups in total. The Bertz CT molecular complexity index is 1150. The zero-order chi connectivity index (χ0) is 20.9. The number of nitrogens with zero attached hydrogens (tertiary/aromatic N) is 1. The van der Waals surface area contributed by atoms with E-state index in [1.54, 1.807) is 11.3 Å². The second-order valence-electron chi connectivity index (χ2n) is 6.78. The Kier molecular flexibility index (Phi) is 6.12. The first-order valence-electron chi connectivity index (χ1n) is 9.38. The van der Waals surface area contributed by atoms with E-state index in [9.17, 15) is 4.79 Å². The number of aryl methyl sites for hydroxylation is 1. The van der Waals surface area contributed by atoms with Crippen molar-refractivity contribution in [2.45, 2.75) is 6.92 Å². The van der Waals surface area contributed by atoms with Gasteiger partial charge in [-0.3, -0.25) is 4.79 Å². The number of halogens is 1. The number of aromatic nitrogens is 1. The zero-order valence-electron chi connectivity index (χ0n) is 16.3. The SMILES string of the molecule is Cc1ccc(OCC(=O)Nc2cccc(-c3csc(-c4ccc(Cl)cc4)n3)c2)cc1. The van der Waals surface area contributed by atoms with Crippen LogP contribution in [0.5, 0.6) is 5.75 Å². The molecule has 1 heterocycles. The predicted molar refractivity (Wildman–Crippen MR) is 123 cm³/mol. The fraction of sp³-hybridized carbons (Fsp3) is 0.0833. The van der Waals surface area contributed by atoms with Gasteiger partial charge in [0, 0.05) is 27.2 Å². The number of amides is 1.